The Bertz CT molecular complexity index is 946. The molecule has 0 aliphatic carbocycles. The molecular formula is C21H21IN4S. The molecule has 2 aromatic carbocycles. The minimum absolute atomic E-state index is 0.501. The zero-order valence-corrected chi connectivity index (χ0v) is 18.2. The van der Waals surface area contributed by atoms with E-state index in [1.165, 1.54) is 14.8 Å². The van der Waals surface area contributed by atoms with E-state index < -0.39 is 0 Å². The minimum atomic E-state index is 0.501. The average Bonchev–Trinajstić information content (AvgIpc) is 2.95. The smallest absolute Gasteiger partial charge is 0.187 e. The van der Waals surface area contributed by atoms with Crippen molar-refractivity contribution >= 4 is 46.1 Å². The zero-order chi connectivity index (χ0) is 19.2. The van der Waals surface area contributed by atoms with Gasteiger partial charge in [0.25, 0.3) is 0 Å². The lowest BCUT2D eigenvalue weighted by atomic mass is 10.2. The van der Waals surface area contributed by atoms with Crippen molar-refractivity contribution in [3.05, 3.63) is 86.7 Å². The maximum atomic E-state index is 5.28. The Morgan fingerprint density at radius 1 is 1.11 bits per heavy atom. The van der Waals surface area contributed by atoms with Crippen molar-refractivity contribution in [2.24, 2.45) is 5.10 Å². The van der Waals surface area contributed by atoms with Crippen molar-refractivity contribution < 1.29 is 0 Å². The van der Waals surface area contributed by atoms with Gasteiger partial charge >= 0.3 is 0 Å². The van der Waals surface area contributed by atoms with Gasteiger partial charge in [0.15, 0.2) is 5.11 Å². The van der Waals surface area contributed by atoms with Crippen LogP contribution in [0.2, 0.25) is 0 Å². The highest BCUT2D eigenvalue weighted by Crippen LogP contribution is 2.20. The second kappa shape index (κ2) is 9.14. The summed E-state index contributed by atoms with van der Waals surface area (Å²) in [4.78, 5) is 0. The number of aryl methyl sites for hydroxylation is 1. The van der Waals surface area contributed by atoms with Crippen LogP contribution in [-0.4, -0.2) is 15.9 Å². The van der Waals surface area contributed by atoms with Gasteiger partial charge in [0.1, 0.15) is 0 Å². The number of hydrazone groups is 1. The van der Waals surface area contributed by atoms with Crippen LogP contribution in [0.4, 0.5) is 0 Å². The average molecular weight is 488 g/mol. The predicted octanol–water partition coefficient (Wildman–Crippen LogP) is 4.70. The van der Waals surface area contributed by atoms with Crippen molar-refractivity contribution in [3.63, 3.8) is 0 Å². The first-order chi connectivity index (χ1) is 13.0. The Kier molecular flexibility index (Phi) is 6.63. The molecule has 0 aliphatic rings. The first-order valence-corrected chi connectivity index (χ1v) is 10.1. The summed E-state index contributed by atoms with van der Waals surface area (Å²) in [6.45, 7) is 4.86. The van der Waals surface area contributed by atoms with Gasteiger partial charge in [0.2, 0.25) is 0 Å². The van der Waals surface area contributed by atoms with Gasteiger partial charge in [-0.15, -0.1) is 0 Å². The molecule has 6 heteroatoms. The third kappa shape index (κ3) is 5.17. The lowest BCUT2D eigenvalue weighted by Gasteiger charge is -2.09. The third-order valence-corrected chi connectivity index (χ3v) is 5.18. The highest BCUT2D eigenvalue weighted by atomic mass is 127. The Labute approximate surface area is 178 Å². The summed E-state index contributed by atoms with van der Waals surface area (Å²) >= 11 is 7.60. The second-order valence-electron chi connectivity index (χ2n) is 6.18. The van der Waals surface area contributed by atoms with Gasteiger partial charge in [0, 0.05) is 32.8 Å². The monoisotopic (exact) mass is 488 g/mol. The molecule has 0 amide bonds. The van der Waals surface area contributed by atoms with E-state index in [-0.39, 0.29) is 0 Å². The van der Waals surface area contributed by atoms with E-state index >= 15 is 0 Å². The summed E-state index contributed by atoms with van der Waals surface area (Å²) in [5, 5.41) is 7.93. The summed E-state index contributed by atoms with van der Waals surface area (Å²) in [7, 11) is 0. The van der Waals surface area contributed by atoms with E-state index in [0.717, 1.165) is 16.9 Å². The summed E-state index contributed by atoms with van der Waals surface area (Å²) < 4.78 is 3.45. The van der Waals surface area contributed by atoms with Crippen LogP contribution in [0.15, 0.2) is 65.8 Å². The summed E-state index contributed by atoms with van der Waals surface area (Å²) in [6.07, 6.45) is 1.81. The molecule has 0 aliphatic heterocycles. The minimum Gasteiger partial charge on any atom is -0.357 e. The SMILES string of the molecule is Cc1cc(C=NNC(=S)NCc2ccccc2)c(C)n1-c1ccc(I)cc1. The first kappa shape index (κ1) is 19.6. The Balaban J connectivity index is 1.63. The van der Waals surface area contributed by atoms with Gasteiger partial charge in [-0.1, -0.05) is 30.3 Å². The molecule has 1 aromatic heterocycles. The van der Waals surface area contributed by atoms with Crippen molar-refractivity contribution in [1.82, 2.24) is 15.3 Å². The fourth-order valence-electron chi connectivity index (χ4n) is 2.88. The van der Waals surface area contributed by atoms with Gasteiger partial charge in [-0.05, 0) is 84.6 Å². The maximum Gasteiger partial charge on any atom is 0.187 e. The summed E-state index contributed by atoms with van der Waals surface area (Å²) in [5.74, 6) is 0. The maximum absolute atomic E-state index is 5.28. The van der Waals surface area contributed by atoms with Crippen molar-refractivity contribution in [1.29, 1.82) is 0 Å². The van der Waals surface area contributed by atoms with Gasteiger partial charge in [-0.25, -0.2) is 0 Å². The fraction of sp³-hybridized carbons (Fsp3) is 0.143. The van der Waals surface area contributed by atoms with Gasteiger partial charge in [-0.3, -0.25) is 5.43 Å². The van der Waals surface area contributed by atoms with Gasteiger partial charge in [-0.2, -0.15) is 5.10 Å². The Morgan fingerprint density at radius 3 is 2.52 bits per heavy atom. The van der Waals surface area contributed by atoms with E-state index in [0.29, 0.717) is 11.7 Å². The molecule has 0 saturated heterocycles. The van der Waals surface area contributed by atoms with Crippen LogP contribution in [0.3, 0.4) is 0 Å². The van der Waals surface area contributed by atoms with E-state index in [1.54, 1.807) is 0 Å². The first-order valence-electron chi connectivity index (χ1n) is 8.60. The van der Waals surface area contributed by atoms with Crippen LogP contribution in [0.1, 0.15) is 22.5 Å². The lowest BCUT2D eigenvalue weighted by molar-refractivity contribution is 0.868. The normalized spacial score (nSPS) is 10.9. The lowest BCUT2D eigenvalue weighted by Crippen LogP contribution is -2.31. The van der Waals surface area contributed by atoms with E-state index in [9.17, 15) is 0 Å². The summed E-state index contributed by atoms with van der Waals surface area (Å²) in [5.41, 5.74) is 8.58. The molecule has 0 spiro atoms. The topological polar surface area (TPSA) is 41.4 Å². The number of nitrogens with zero attached hydrogens (tertiary/aromatic N) is 2. The third-order valence-electron chi connectivity index (χ3n) is 4.22. The van der Waals surface area contributed by atoms with Crippen molar-refractivity contribution in [2.75, 3.05) is 0 Å². The molecular weight excluding hydrogens is 467 g/mol. The number of halogens is 1. The molecule has 0 bridgehead atoms. The molecule has 1 heterocycles. The fourth-order valence-corrected chi connectivity index (χ4v) is 3.37. The molecule has 2 N–H and O–H groups in total. The molecule has 0 radical (unpaired) electrons. The standard InChI is InChI=1S/C21H21IN4S/c1-15-12-18(16(2)26(15)20-10-8-19(22)9-11-20)14-24-25-21(27)23-13-17-6-4-3-5-7-17/h3-12,14H,13H2,1-2H3,(H2,23,25,27). The number of nitrogens with one attached hydrogen (secondary N) is 2. The molecule has 27 heavy (non-hydrogen) atoms. The van der Waals surface area contributed by atoms with Crippen LogP contribution in [0.5, 0.6) is 0 Å². The van der Waals surface area contributed by atoms with Gasteiger partial charge in [0.05, 0.1) is 6.21 Å². The van der Waals surface area contributed by atoms with Crippen molar-refractivity contribution in [3.8, 4) is 5.69 Å². The number of aromatic nitrogens is 1. The van der Waals surface area contributed by atoms with Crippen LogP contribution in [-0.2, 0) is 6.54 Å². The number of hydrogen-bond donors (Lipinski definition) is 2. The van der Waals surface area contributed by atoms with Crippen LogP contribution >= 0.6 is 34.8 Å². The Morgan fingerprint density at radius 2 is 1.81 bits per heavy atom. The zero-order valence-electron chi connectivity index (χ0n) is 15.2. The van der Waals surface area contributed by atoms with E-state index in [2.05, 4.69) is 99.3 Å². The largest absolute Gasteiger partial charge is 0.357 e. The number of hydrogen-bond acceptors (Lipinski definition) is 2. The van der Waals surface area contributed by atoms with Gasteiger partial charge < -0.3 is 9.88 Å². The number of thiocarbonyl (C=S) groups is 1. The highest BCUT2D eigenvalue weighted by Gasteiger charge is 2.09. The molecule has 0 atom stereocenters. The second-order valence-corrected chi connectivity index (χ2v) is 7.83. The number of rotatable bonds is 5. The molecule has 4 nitrogen and oxygen atoms in total. The van der Waals surface area contributed by atoms with E-state index in [4.69, 9.17) is 12.2 Å². The molecule has 3 aromatic rings. The molecule has 3 rings (SSSR count). The molecule has 0 unspecified atom stereocenters. The molecule has 0 saturated carbocycles. The van der Waals surface area contributed by atoms with Crippen LogP contribution in [0, 0.1) is 17.4 Å². The Hall–Kier alpha value is -2.19. The quantitative estimate of drug-likeness (QED) is 0.237. The van der Waals surface area contributed by atoms with Crippen molar-refractivity contribution in [2.45, 2.75) is 20.4 Å². The van der Waals surface area contributed by atoms with Crippen LogP contribution < -0.4 is 10.7 Å². The molecule has 0 fully saturated rings. The highest BCUT2D eigenvalue weighted by molar-refractivity contribution is 14.1. The summed E-state index contributed by atoms with van der Waals surface area (Å²) in [6, 6.07) is 20.7. The molecule has 138 valence electrons. The number of benzene rings is 2. The van der Waals surface area contributed by atoms with E-state index in [1.807, 2.05) is 24.4 Å². The predicted molar refractivity (Wildman–Crippen MR) is 125 cm³/mol. The van der Waals surface area contributed by atoms with Crippen LogP contribution in [0.25, 0.3) is 5.69 Å².